The van der Waals surface area contributed by atoms with Crippen molar-refractivity contribution in [2.24, 2.45) is 0 Å². The van der Waals surface area contributed by atoms with Crippen LogP contribution in [0.1, 0.15) is 0 Å². The zero-order valence-corrected chi connectivity index (χ0v) is 7.65. The number of nitrogens with zero attached hydrogens (tertiary/aromatic N) is 2. The van der Waals surface area contributed by atoms with Gasteiger partial charge in [0.25, 0.3) is 0 Å². The van der Waals surface area contributed by atoms with Crippen LogP contribution < -0.4 is 4.74 Å². The molecule has 1 aromatic heterocycles. The number of hydrogen-bond donors (Lipinski definition) is 0. The first-order valence-electron chi connectivity index (χ1n) is 2.35. The topological polar surface area (TPSA) is 35.0 Å². The molecule has 0 saturated carbocycles. The Bertz CT molecular complexity index is 209. The van der Waals surface area contributed by atoms with Gasteiger partial charge >= 0.3 is 0 Å². The highest BCUT2D eigenvalue weighted by Gasteiger charge is 1.91. The van der Waals surface area contributed by atoms with Crippen molar-refractivity contribution in [1.82, 2.24) is 10.2 Å². The van der Waals surface area contributed by atoms with Crippen molar-refractivity contribution >= 4 is 28.3 Å². The molecule has 5 heteroatoms. The molecule has 0 saturated heterocycles. The minimum absolute atomic E-state index is 0. The zero-order chi connectivity index (χ0) is 6.69. The maximum atomic E-state index is 4.86. The van der Waals surface area contributed by atoms with Crippen LogP contribution in [0.15, 0.2) is 16.9 Å². The van der Waals surface area contributed by atoms with Crippen molar-refractivity contribution in [3.63, 3.8) is 0 Å². The largest absolute Gasteiger partial charge is 0.495 e. The van der Waals surface area contributed by atoms with Crippen LogP contribution >= 0.6 is 28.3 Å². The normalized spacial score (nSPS) is 8.20. The molecule has 0 spiro atoms. The molecule has 0 aliphatic carbocycles. The van der Waals surface area contributed by atoms with Crippen LogP contribution in [-0.4, -0.2) is 17.3 Å². The Labute approximate surface area is 73.3 Å². The molecule has 0 bridgehead atoms. The molecule has 0 atom stereocenters. The van der Waals surface area contributed by atoms with E-state index in [0.29, 0.717) is 10.4 Å². The molecular weight excluding hydrogens is 219 g/mol. The van der Waals surface area contributed by atoms with Gasteiger partial charge in [0, 0.05) is 6.07 Å². The lowest BCUT2D eigenvalue weighted by Gasteiger charge is -1.95. The van der Waals surface area contributed by atoms with Gasteiger partial charge in [-0.25, -0.2) is 0 Å². The number of hydrogen-bond acceptors (Lipinski definition) is 3. The summed E-state index contributed by atoms with van der Waals surface area (Å²) in [4.78, 5) is 0. The summed E-state index contributed by atoms with van der Waals surface area (Å²) < 4.78 is 5.54. The van der Waals surface area contributed by atoms with Crippen LogP contribution in [0.25, 0.3) is 0 Å². The molecule has 0 unspecified atom stereocenters. The van der Waals surface area contributed by atoms with Crippen molar-refractivity contribution in [2.75, 3.05) is 7.11 Å². The molecular formula is C5H6BrClN2O. The molecule has 1 heterocycles. The Kier molecular flexibility index (Phi) is 4.31. The molecule has 0 aliphatic heterocycles. The fraction of sp³-hybridized carbons (Fsp3) is 0.200. The minimum atomic E-state index is 0. The smallest absolute Gasteiger partial charge is 0.141 e. The first kappa shape index (κ1) is 9.65. The highest BCUT2D eigenvalue weighted by molar-refractivity contribution is 9.10. The maximum Gasteiger partial charge on any atom is 0.141 e. The minimum Gasteiger partial charge on any atom is -0.495 e. The number of halogens is 2. The summed E-state index contributed by atoms with van der Waals surface area (Å²) in [6.45, 7) is 0. The lowest BCUT2D eigenvalue weighted by molar-refractivity contribution is 0.411. The number of ether oxygens (including phenoxy) is 1. The van der Waals surface area contributed by atoms with Crippen LogP contribution in [-0.2, 0) is 0 Å². The van der Waals surface area contributed by atoms with E-state index >= 15 is 0 Å². The molecule has 0 N–H and O–H groups in total. The maximum absolute atomic E-state index is 4.86. The molecule has 0 aliphatic rings. The molecule has 3 nitrogen and oxygen atoms in total. The van der Waals surface area contributed by atoms with E-state index in [1.165, 1.54) is 0 Å². The SMILES string of the molecule is COc1cnnc(Br)c1.Cl. The van der Waals surface area contributed by atoms with Gasteiger partial charge in [-0.3, -0.25) is 0 Å². The molecule has 0 fully saturated rings. The van der Waals surface area contributed by atoms with Gasteiger partial charge < -0.3 is 4.74 Å². The second kappa shape index (κ2) is 4.46. The van der Waals surface area contributed by atoms with E-state index in [0.717, 1.165) is 0 Å². The summed E-state index contributed by atoms with van der Waals surface area (Å²) >= 11 is 3.15. The van der Waals surface area contributed by atoms with E-state index < -0.39 is 0 Å². The highest BCUT2D eigenvalue weighted by atomic mass is 79.9. The van der Waals surface area contributed by atoms with Crippen LogP contribution in [0, 0.1) is 0 Å². The predicted molar refractivity (Wildman–Crippen MR) is 43.5 cm³/mol. The Balaban J connectivity index is 0.000000810. The van der Waals surface area contributed by atoms with Gasteiger partial charge in [-0.15, -0.1) is 17.5 Å². The average Bonchev–Trinajstić information content (AvgIpc) is 1.88. The highest BCUT2D eigenvalue weighted by Crippen LogP contribution is 2.11. The quantitative estimate of drug-likeness (QED) is 0.729. The third-order valence-corrected chi connectivity index (χ3v) is 1.22. The summed E-state index contributed by atoms with van der Waals surface area (Å²) in [7, 11) is 1.59. The molecule has 0 aromatic carbocycles. The van der Waals surface area contributed by atoms with Crippen LogP contribution in [0.3, 0.4) is 0 Å². The summed E-state index contributed by atoms with van der Waals surface area (Å²) in [6, 6.07) is 1.74. The van der Waals surface area contributed by atoms with Gasteiger partial charge in [0.1, 0.15) is 10.4 Å². The molecule has 1 aromatic rings. The van der Waals surface area contributed by atoms with Gasteiger partial charge in [-0.1, -0.05) is 0 Å². The van der Waals surface area contributed by atoms with E-state index in [9.17, 15) is 0 Å². The lowest BCUT2D eigenvalue weighted by atomic mass is 10.5. The van der Waals surface area contributed by atoms with Gasteiger partial charge in [-0.05, 0) is 15.9 Å². The molecule has 10 heavy (non-hydrogen) atoms. The van der Waals surface area contributed by atoms with Crippen molar-refractivity contribution in [2.45, 2.75) is 0 Å². The van der Waals surface area contributed by atoms with Gasteiger partial charge in [0.15, 0.2) is 0 Å². The second-order valence-corrected chi connectivity index (χ2v) is 2.23. The fourth-order valence-corrected chi connectivity index (χ4v) is 0.753. The number of aromatic nitrogens is 2. The first-order chi connectivity index (χ1) is 4.33. The van der Waals surface area contributed by atoms with Gasteiger partial charge in [0.2, 0.25) is 0 Å². The van der Waals surface area contributed by atoms with E-state index in [1.54, 1.807) is 19.4 Å². The Morgan fingerprint density at radius 1 is 1.60 bits per heavy atom. The number of rotatable bonds is 1. The van der Waals surface area contributed by atoms with Crippen LogP contribution in [0.5, 0.6) is 5.75 Å². The monoisotopic (exact) mass is 224 g/mol. The van der Waals surface area contributed by atoms with Crippen LogP contribution in [0.4, 0.5) is 0 Å². The third-order valence-electron chi connectivity index (χ3n) is 0.835. The Hall–Kier alpha value is -0.350. The van der Waals surface area contributed by atoms with Gasteiger partial charge in [-0.2, -0.15) is 5.10 Å². The lowest BCUT2D eigenvalue weighted by Crippen LogP contribution is -1.86. The summed E-state index contributed by atoms with van der Waals surface area (Å²) in [5, 5.41) is 7.31. The number of methoxy groups -OCH3 is 1. The van der Waals surface area contributed by atoms with Crippen molar-refractivity contribution in [3.05, 3.63) is 16.9 Å². The zero-order valence-electron chi connectivity index (χ0n) is 5.24. The Morgan fingerprint density at radius 3 is 2.70 bits per heavy atom. The Morgan fingerprint density at radius 2 is 2.30 bits per heavy atom. The summed E-state index contributed by atoms with van der Waals surface area (Å²) in [6.07, 6.45) is 1.55. The third kappa shape index (κ3) is 2.49. The van der Waals surface area contributed by atoms with Crippen molar-refractivity contribution in [1.29, 1.82) is 0 Å². The molecule has 0 radical (unpaired) electrons. The van der Waals surface area contributed by atoms with Gasteiger partial charge in [0.05, 0.1) is 13.3 Å². The average molecular weight is 225 g/mol. The summed E-state index contributed by atoms with van der Waals surface area (Å²) in [5.74, 6) is 0.705. The molecule has 0 amide bonds. The van der Waals surface area contributed by atoms with Crippen molar-refractivity contribution < 1.29 is 4.74 Å². The standard InChI is InChI=1S/C5H5BrN2O.ClH/c1-9-4-2-5(6)8-7-3-4;/h2-3H,1H3;1H. The second-order valence-electron chi connectivity index (χ2n) is 1.42. The molecule has 56 valence electrons. The van der Waals surface area contributed by atoms with Crippen LogP contribution in [0.2, 0.25) is 0 Å². The summed E-state index contributed by atoms with van der Waals surface area (Å²) in [5.41, 5.74) is 0. The van der Waals surface area contributed by atoms with E-state index in [-0.39, 0.29) is 12.4 Å². The van der Waals surface area contributed by atoms with E-state index in [1.807, 2.05) is 0 Å². The molecule has 1 rings (SSSR count). The van der Waals surface area contributed by atoms with E-state index in [4.69, 9.17) is 4.74 Å². The fourth-order valence-electron chi connectivity index (χ4n) is 0.436. The predicted octanol–water partition coefficient (Wildman–Crippen LogP) is 1.67. The van der Waals surface area contributed by atoms with E-state index in [2.05, 4.69) is 26.1 Å². The van der Waals surface area contributed by atoms with Crippen molar-refractivity contribution in [3.8, 4) is 5.75 Å². The first-order valence-corrected chi connectivity index (χ1v) is 3.14.